The van der Waals surface area contributed by atoms with Gasteiger partial charge in [0, 0.05) is 16.3 Å². The summed E-state index contributed by atoms with van der Waals surface area (Å²) < 4.78 is 7.59. The van der Waals surface area contributed by atoms with Crippen molar-refractivity contribution in [3.8, 4) is 0 Å². The van der Waals surface area contributed by atoms with Gasteiger partial charge < -0.3 is 4.74 Å². The van der Waals surface area contributed by atoms with Crippen LogP contribution in [0.5, 0.6) is 0 Å². The minimum Gasteiger partial charge on any atom is -0.374 e. The van der Waals surface area contributed by atoms with Gasteiger partial charge in [-0.25, -0.2) is 0 Å². The summed E-state index contributed by atoms with van der Waals surface area (Å²) in [6.45, 7) is 5.68. The molecule has 0 bridgehead atoms. The summed E-state index contributed by atoms with van der Waals surface area (Å²) in [6.07, 6.45) is 14.9. The lowest BCUT2D eigenvalue weighted by Crippen LogP contribution is -2.53. The summed E-state index contributed by atoms with van der Waals surface area (Å²) >= 11 is 2.43. The van der Waals surface area contributed by atoms with E-state index in [0.29, 0.717) is 23.0 Å². The molecule has 0 heterocycles. The first-order chi connectivity index (χ1) is 12.0. The lowest BCUT2D eigenvalue weighted by Gasteiger charge is -2.56. The summed E-state index contributed by atoms with van der Waals surface area (Å²) in [7, 11) is 0. The third-order valence-corrected chi connectivity index (χ3v) is 8.63. The zero-order valence-corrected chi connectivity index (χ0v) is 17.8. The van der Waals surface area contributed by atoms with Crippen LogP contribution in [0, 0.1) is 29.1 Å². The molecule has 0 radical (unpaired) electrons. The number of ether oxygens (including phenoxy) is 1. The van der Waals surface area contributed by atoms with Gasteiger partial charge >= 0.3 is 0 Å². The van der Waals surface area contributed by atoms with E-state index in [2.05, 4.69) is 48.6 Å². The molecule has 0 aromatic heterocycles. The zero-order chi connectivity index (χ0) is 17.7. The molecule has 2 nitrogen and oxygen atoms in total. The highest BCUT2D eigenvalue weighted by Crippen LogP contribution is 2.66. The smallest absolute Gasteiger partial charge is 0.155 e. The summed E-state index contributed by atoms with van der Waals surface area (Å²) in [6, 6.07) is 0. The normalized spacial score (nSPS) is 45.6. The number of carbonyl (C=O) groups is 1. The maximum atomic E-state index is 11.8. The van der Waals surface area contributed by atoms with Crippen LogP contribution in [0.3, 0.4) is 0 Å². The molecule has 3 heteroatoms. The average molecular weight is 454 g/mol. The number of ketones is 1. The Morgan fingerprint density at radius 1 is 1.28 bits per heavy atom. The van der Waals surface area contributed by atoms with E-state index in [1.54, 1.807) is 0 Å². The molecule has 0 aliphatic heterocycles. The van der Waals surface area contributed by atoms with Gasteiger partial charge in [0.1, 0.15) is 0 Å². The highest BCUT2D eigenvalue weighted by molar-refractivity contribution is 14.1. The number of hydrogen-bond acceptors (Lipinski definition) is 2. The monoisotopic (exact) mass is 454 g/mol. The first kappa shape index (κ1) is 18.2. The molecule has 4 aliphatic rings. The molecule has 0 N–H and O–H groups in total. The van der Waals surface area contributed by atoms with Gasteiger partial charge in [0.2, 0.25) is 0 Å². The molecule has 4 aliphatic carbocycles. The minimum absolute atomic E-state index is 0.0506. The van der Waals surface area contributed by atoms with Gasteiger partial charge in [0.25, 0.3) is 0 Å². The van der Waals surface area contributed by atoms with E-state index < -0.39 is 0 Å². The van der Waals surface area contributed by atoms with Gasteiger partial charge in [-0.15, -0.1) is 0 Å². The zero-order valence-electron chi connectivity index (χ0n) is 15.6. The second kappa shape index (κ2) is 6.78. The third kappa shape index (κ3) is 2.70. The predicted octanol–water partition coefficient (Wildman–Crippen LogP) is 5.50. The molecular formula is C22H31IO2. The molecule has 0 amide bonds. The Labute approximate surface area is 166 Å². The number of alkyl halides is 1. The highest BCUT2D eigenvalue weighted by Gasteiger charge is 2.62. The van der Waals surface area contributed by atoms with Crippen LogP contribution in [-0.2, 0) is 9.53 Å². The van der Waals surface area contributed by atoms with Gasteiger partial charge in [-0.1, -0.05) is 41.7 Å². The van der Waals surface area contributed by atoms with Crippen molar-refractivity contribution in [2.24, 2.45) is 29.1 Å². The SMILES string of the molecule is CCC12CCC3C4CCC(=O)C=C4C=CC3C1CC[C@]2(C)OCCI. The van der Waals surface area contributed by atoms with E-state index in [1.807, 2.05) is 6.08 Å². The van der Waals surface area contributed by atoms with Crippen LogP contribution < -0.4 is 0 Å². The molecule has 6 atom stereocenters. The van der Waals surface area contributed by atoms with Crippen LogP contribution in [0.4, 0.5) is 0 Å². The number of rotatable bonds is 4. The standard InChI is InChI=1S/C22H31IO2/c1-3-22-11-8-18-17-7-5-16(24)14-15(17)4-6-19(18)20(22)9-10-21(22,2)25-13-12-23/h4,6,14,17-20H,3,5,7-13H2,1-2H3/t17?,18?,19?,20?,21-,22?/m0/s1. The van der Waals surface area contributed by atoms with E-state index in [0.717, 1.165) is 35.7 Å². The third-order valence-electron chi connectivity index (χ3n) is 8.19. The number of allylic oxidation sites excluding steroid dienone is 4. The van der Waals surface area contributed by atoms with Crippen molar-refractivity contribution in [3.05, 3.63) is 23.8 Å². The summed E-state index contributed by atoms with van der Waals surface area (Å²) in [5.74, 6) is 3.15. The van der Waals surface area contributed by atoms with Gasteiger partial charge in [-0.3, -0.25) is 4.79 Å². The Balaban J connectivity index is 1.66. The topological polar surface area (TPSA) is 26.3 Å². The van der Waals surface area contributed by atoms with Crippen molar-refractivity contribution in [1.29, 1.82) is 0 Å². The number of fused-ring (bicyclic) bond motifs is 5. The maximum Gasteiger partial charge on any atom is 0.155 e. The number of halogens is 1. The highest BCUT2D eigenvalue weighted by atomic mass is 127. The van der Waals surface area contributed by atoms with E-state index in [4.69, 9.17) is 4.74 Å². The number of carbonyl (C=O) groups excluding carboxylic acids is 1. The maximum absolute atomic E-state index is 11.8. The van der Waals surface area contributed by atoms with Crippen LogP contribution in [0.25, 0.3) is 0 Å². The molecule has 5 unspecified atom stereocenters. The first-order valence-electron chi connectivity index (χ1n) is 10.2. The second-order valence-electron chi connectivity index (χ2n) is 8.82. The van der Waals surface area contributed by atoms with Crippen molar-refractivity contribution >= 4 is 28.4 Å². The summed E-state index contributed by atoms with van der Waals surface area (Å²) in [5, 5.41) is 0. The fourth-order valence-electron chi connectivity index (χ4n) is 7.00. The minimum atomic E-state index is 0.0506. The van der Waals surface area contributed by atoms with Crippen molar-refractivity contribution < 1.29 is 9.53 Å². The van der Waals surface area contributed by atoms with Crippen molar-refractivity contribution in [2.75, 3.05) is 11.0 Å². The van der Waals surface area contributed by atoms with Gasteiger partial charge in [0.15, 0.2) is 5.78 Å². The fourth-order valence-corrected chi connectivity index (χ4v) is 7.22. The van der Waals surface area contributed by atoms with Crippen LogP contribution in [0.2, 0.25) is 0 Å². The quantitative estimate of drug-likeness (QED) is 0.414. The Hall–Kier alpha value is -0.160. The van der Waals surface area contributed by atoms with Crippen molar-refractivity contribution in [2.45, 2.75) is 64.4 Å². The summed E-state index contributed by atoms with van der Waals surface area (Å²) in [4.78, 5) is 11.8. The van der Waals surface area contributed by atoms with Crippen LogP contribution >= 0.6 is 22.6 Å². The molecule has 0 aromatic rings. The lowest BCUT2D eigenvalue weighted by atomic mass is 9.51. The summed E-state index contributed by atoms with van der Waals surface area (Å²) in [5.41, 5.74) is 1.72. The predicted molar refractivity (Wildman–Crippen MR) is 110 cm³/mol. The largest absolute Gasteiger partial charge is 0.374 e. The Morgan fingerprint density at radius 2 is 2.12 bits per heavy atom. The fraction of sp³-hybridized carbons (Fsp3) is 0.773. The molecule has 25 heavy (non-hydrogen) atoms. The molecular weight excluding hydrogens is 423 g/mol. The van der Waals surface area contributed by atoms with Crippen LogP contribution in [-0.4, -0.2) is 22.4 Å². The van der Waals surface area contributed by atoms with Gasteiger partial charge in [-0.05, 0) is 80.8 Å². The average Bonchev–Trinajstić information content (AvgIpc) is 2.93. The molecule has 4 rings (SSSR count). The first-order valence-corrected chi connectivity index (χ1v) is 11.7. The molecule has 0 spiro atoms. The number of hydrogen-bond donors (Lipinski definition) is 0. The van der Waals surface area contributed by atoms with Crippen molar-refractivity contribution in [1.82, 2.24) is 0 Å². The van der Waals surface area contributed by atoms with E-state index in [-0.39, 0.29) is 5.60 Å². The molecule has 0 aromatic carbocycles. The van der Waals surface area contributed by atoms with Crippen molar-refractivity contribution in [3.63, 3.8) is 0 Å². The van der Waals surface area contributed by atoms with Gasteiger partial charge in [0.05, 0.1) is 12.2 Å². The Bertz CT molecular complexity index is 609. The Kier molecular flexibility index (Phi) is 4.94. The van der Waals surface area contributed by atoms with E-state index >= 15 is 0 Å². The molecule has 0 saturated heterocycles. The van der Waals surface area contributed by atoms with E-state index in [9.17, 15) is 4.79 Å². The van der Waals surface area contributed by atoms with Gasteiger partial charge in [-0.2, -0.15) is 0 Å². The van der Waals surface area contributed by atoms with Crippen LogP contribution in [0.15, 0.2) is 23.8 Å². The molecule has 2 fully saturated rings. The Morgan fingerprint density at radius 3 is 2.88 bits per heavy atom. The molecule has 138 valence electrons. The second-order valence-corrected chi connectivity index (χ2v) is 9.90. The van der Waals surface area contributed by atoms with E-state index in [1.165, 1.54) is 37.7 Å². The molecule has 2 saturated carbocycles. The lowest BCUT2D eigenvalue weighted by molar-refractivity contribution is -0.142. The van der Waals surface area contributed by atoms with Crippen LogP contribution in [0.1, 0.15) is 58.8 Å².